The van der Waals surface area contributed by atoms with Crippen molar-refractivity contribution in [1.82, 2.24) is 5.32 Å². The Kier molecular flexibility index (Phi) is 3.41. The number of nitrogens with zero attached hydrogens (tertiary/aromatic N) is 1. The van der Waals surface area contributed by atoms with Gasteiger partial charge in [-0.1, -0.05) is 18.2 Å². The zero-order chi connectivity index (χ0) is 14.2. The Hall–Kier alpha value is -1.56. The van der Waals surface area contributed by atoms with Gasteiger partial charge >= 0.3 is 0 Å². The van der Waals surface area contributed by atoms with Crippen LogP contribution >= 0.6 is 11.8 Å². The summed E-state index contributed by atoms with van der Waals surface area (Å²) in [6.07, 6.45) is 2.55. The fraction of sp³-hybridized carbons (Fsp3) is 0.500. The van der Waals surface area contributed by atoms with Crippen molar-refractivity contribution in [2.75, 3.05) is 6.54 Å². The lowest BCUT2D eigenvalue weighted by Crippen LogP contribution is -2.34. The molecule has 1 amide bonds. The minimum Gasteiger partial charge on any atom is -0.354 e. The summed E-state index contributed by atoms with van der Waals surface area (Å²) in [4.78, 5) is 23.2. The van der Waals surface area contributed by atoms with Crippen molar-refractivity contribution in [2.45, 2.75) is 34.9 Å². The van der Waals surface area contributed by atoms with Crippen LogP contribution in [-0.4, -0.2) is 28.2 Å². The van der Waals surface area contributed by atoms with Crippen LogP contribution < -0.4 is 5.32 Å². The molecule has 2 atom stereocenters. The number of amides is 1. The van der Waals surface area contributed by atoms with Crippen molar-refractivity contribution in [1.29, 1.82) is 0 Å². The largest absolute Gasteiger partial charge is 0.354 e. The first kappa shape index (κ1) is 13.4. The predicted octanol–water partition coefficient (Wildman–Crippen LogP) is 2.09. The molecule has 106 valence electrons. The number of rotatable bonds is 6. The molecular weight excluding hydrogens is 276 g/mol. The van der Waals surface area contributed by atoms with Crippen molar-refractivity contribution < 1.29 is 9.72 Å². The fourth-order valence-electron chi connectivity index (χ4n) is 2.27. The molecule has 1 aromatic rings. The molecule has 0 saturated heterocycles. The molecule has 0 bridgehead atoms. The van der Waals surface area contributed by atoms with Gasteiger partial charge in [-0.15, -0.1) is 11.8 Å². The van der Waals surface area contributed by atoms with Crippen molar-refractivity contribution >= 4 is 17.7 Å². The van der Waals surface area contributed by atoms with Crippen LogP contribution in [0, 0.1) is 16.0 Å². The van der Waals surface area contributed by atoms with E-state index in [9.17, 15) is 14.9 Å². The van der Waals surface area contributed by atoms with Gasteiger partial charge in [0.1, 0.15) is 5.92 Å². The van der Waals surface area contributed by atoms with E-state index in [0.29, 0.717) is 13.0 Å². The number of hydrogen-bond donors (Lipinski definition) is 1. The van der Waals surface area contributed by atoms with Gasteiger partial charge in [0.05, 0.1) is 0 Å². The van der Waals surface area contributed by atoms with Crippen LogP contribution in [0.5, 0.6) is 0 Å². The lowest BCUT2D eigenvalue weighted by molar-refractivity contribution is -0.497. The number of nitrogens with one attached hydrogen (secondary N) is 1. The zero-order valence-corrected chi connectivity index (χ0v) is 11.8. The molecule has 5 nitrogen and oxygen atoms in total. The number of thioether (sulfide) groups is 1. The predicted molar refractivity (Wildman–Crippen MR) is 76.2 cm³/mol. The fourth-order valence-corrected chi connectivity index (χ4v) is 3.51. The Balaban J connectivity index is 1.49. The average Bonchev–Trinajstić information content (AvgIpc) is 3.32. The second kappa shape index (κ2) is 5.09. The van der Waals surface area contributed by atoms with Crippen molar-refractivity contribution in [3.05, 3.63) is 40.4 Å². The molecule has 3 rings (SSSR count). The highest BCUT2D eigenvalue weighted by Crippen LogP contribution is 2.51. The number of carbonyl (C=O) groups is 1. The van der Waals surface area contributed by atoms with Crippen LogP contribution in [0.1, 0.15) is 19.3 Å². The second-order valence-corrected chi connectivity index (χ2v) is 7.05. The van der Waals surface area contributed by atoms with Gasteiger partial charge < -0.3 is 5.32 Å². The third kappa shape index (κ3) is 2.95. The molecule has 0 unspecified atom stereocenters. The maximum atomic E-state index is 11.8. The summed E-state index contributed by atoms with van der Waals surface area (Å²) in [5, 5.41) is 13.4. The molecule has 1 N–H and O–H groups in total. The van der Waals surface area contributed by atoms with Crippen LogP contribution in [0.15, 0.2) is 35.2 Å². The minimum absolute atomic E-state index is 0.0933. The molecule has 0 spiro atoms. The van der Waals surface area contributed by atoms with E-state index in [-0.39, 0.29) is 15.6 Å². The average molecular weight is 292 g/mol. The molecule has 0 radical (unpaired) electrons. The SMILES string of the molecule is O=C(NCC1(Sc2ccccc2)CC1)[C@H]1C[C@H]1[N+](=O)[O-]. The first-order chi connectivity index (χ1) is 9.60. The molecule has 0 aromatic heterocycles. The summed E-state index contributed by atoms with van der Waals surface area (Å²) in [6.45, 7) is 0.604. The molecule has 6 heteroatoms. The lowest BCUT2D eigenvalue weighted by atomic mass is 10.3. The van der Waals surface area contributed by atoms with Gasteiger partial charge in [-0.2, -0.15) is 0 Å². The van der Waals surface area contributed by atoms with Crippen LogP contribution in [0.2, 0.25) is 0 Å². The van der Waals surface area contributed by atoms with Crippen molar-refractivity contribution in [2.24, 2.45) is 5.92 Å². The van der Waals surface area contributed by atoms with Crippen LogP contribution in [0.3, 0.4) is 0 Å². The van der Waals surface area contributed by atoms with E-state index in [2.05, 4.69) is 17.4 Å². The maximum Gasteiger partial charge on any atom is 0.230 e. The standard InChI is InChI=1S/C14H16N2O3S/c17-13(11-8-12(11)16(18)19)15-9-14(6-7-14)20-10-4-2-1-3-5-10/h1-5,11-12H,6-9H2,(H,15,17)/t11-,12+/m0/s1. The molecular formula is C14H16N2O3S. The summed E-state index contributed by atoms with van der Waals surface area (Å²) in [5.41, 5.74) is 0. The van der Waals surface area contributed by atoms with Crippen LogP contribution in [0.25, 0.3) is 0 Å². The highest BCUT2D eigenvalue weighted by molar-refractivity contribution is 8.01. The summed E-state index contributed by atoms with van der Waals surface area (Å²) in [6, 6.07) is 9.46. The van der Waals surface area contributed by atoms with Gasteiger partial charge in [0.15, 0.2) is 0 Å². The number of hydrogen-bond acceptors (Lipinski definition) is 4. The van der Waals surface area contributed by atoms with E-state index in [1.54, 1.807) is 11.8 Å². The molecule has 1 aromatic carbocycles. The molecule has 2 fully saturated rings. The van der Waals surface area contributed by atoms with Crippen LogP contribution in [-0.2, 0) is 4.79 Å². The monoisotopic (exact) mass is 292 g/mol. The third-order valence-corrected chi connectivity index (χ3v) is 5.33. The van der Waals surface area contributed by atoms with E-state index in [1.165, 1.54) is 4.90 Å². The Morgan fingerprint density at radius 3 is 2.65 bits per heavy atom. The van der Waals surface area contributed by atoms with E-state index >= 15 is 0 Å². The van der Waals surface area contributed by atoms with Crippen molar-refractivity contribution in [3.63, 3.8) is 0 Å². The lowest BCUT2D eigenvalue weighted by Gasteiger charge is -2.15. The molecule has 20 heavy (non-hydrogen) atoms. The topological polar surface area (TPSA) is 72.2 Å². The summed E-state index contributed by atoms with van der Waals surface area (Å²) < 4.78 is 0.0933. The van der Waals surface area contributed by atoms with E-state index in [4.69, 9.17) is 0 Å². The summed E-state index contributed by atoms with van der Waals surface area (Å²) in [5.74, 6) is -0.575. The smallest absolute Gasteiger partial charge is 0.230 e. The van der Waals surface area contributed by atoms with Crippen molar-refractivity contribution in [3.8, 4) is 0 Å². The highest BCUT2D eigenvalue weighted by atomic mass is 32.2. The first-order valence-corrected chi connectivity index (χ1v) is 7.57. The van der Waals surface area contributed by atoms with Gasteiger partial charge in [-0.05, 0) is 25.0 Å². The highest BCUT2D eigenvalue weighted by Gasteiger charge is 2.54. The summed E-state index contributed by atoms with van der Waals surface area (Å²) >= 11 is 1.79. The third-order valence-electron chi connectivity index (χ3n) is 3.83. The number of carbonyl (C=O) groups excluding carboxylic acids is 1. The van der Waals surface area contributed by atoms with Gasteiger partial charge in [-0.3, -0.25) is 14.9 Å². The molecule has 0 heterocycles. The Bertz CT molecular complexity index is 530. The van der Waals surface area contributed by atoms with Gasteiger partial charge in [0.25, 0.3) is 0 Å². The second-order valence-electron chi connectivity index (χ2n) is 5.51. The maximum absolute atomic E-state index is 11.8. The quantitative estimate of drug-likeness (QED) is 0.643. The van der Waals surface area contributed by atoms with Gasteiger partial charge in [-0.25, -0.2) is 0 Å². The van der Waals surface area contributed by atoms with Gasteiger partial charge in [0, 0.05) is 27.5 Å². The van der Waals surface area contributed by atoms with E-state index < -0.39 is 12.0 Å². The van der Waals surface area contributed by atoms with E-state index in [0.717, 1.165) is 12.8 Å². The normalized spacial score (nSPS) is 25.8. The zero-order valence-electron chi connectivity index (χ0n) is 11.0. The molecule has 2 saturated carbocycles. The molecule has 2 aliphatic rings. The first-order valence-electron chi connectivity index (χ1n) is 6.75. The molecule has 2 aliphatic carbocycles. The summed E-state index contributed by atoms with van der Waals surface area (Å²) in [7, 11) is 0. The van der Waals surface area contributed by atoms with Crippen LogP contribution in [0.4, 0.5) is 0 Å². The van der Waals surface area contributed by atoms with E-state index in [1.807, 2.05) is 18.2 Å². The minimum atomic E-state index is -0.660. The Morgan fingerprint density at radius 1 is 1.40 bits per heavy atom. The Morgan fingerprint density at radius 2 is 2.10 bits per heavy atom. The van der Waals surface area contributed by atoms with Gasteiger partial charge in [0.2, 0.25) is 11.9 Å². The number of benzene rings is 1. The number of nitro groups is 1. The molecule has 0 aliphatic heterocycles. The Labute approximate surface area is 121 Å².